The maximum absolute atomic E-state index is 10.5. The van der Waals surface area contributed by atoms with E-state index in [9.17, 15) is 4.79 Å². The number of hydrogen-bond donors (Lipinski definition) is 0. The van der Waals surface area contributed by atoms with Crippen molar-refractivity contribution in [3.05, 3.63) is 0 Å². The van der Waals surface area contributed by atoms with Gasteiger partial charge in [0, 0.05) is 6.42 Å². The molecule has 3 heteroatoms. The van der Waals surface area contributed by atoms with Crippen molar-refractivity contribution in [2.24, 2.45) is 0 Å². The molecule has 0 unspecified atom stereocenters. The molecule has 0 fully saturated rings. The van der Waals surface area contributed by atoms with Crippen LogP contribution in [0.5, 0.6) is 0 Å². The van der Waals surface area contributed by atoms with Crippen molar-refractivity contribution in [2.45, 2.75) is 12.8 Å². The SMILES string of the molecule is CSCCCC(=O)CCl. The average molecular weight is 167 g/mol. The summed E-state index contributed by atoms with van der Waals surface area (Å²) in [4.78, 5) is 10.5. The second-order valence-electron chi connectivity index (χ2n) is 1.77. The number of Topliss-reactive ketones (excluding diaryl/α,β-unsaturated/α-hetero) is 1. The maximum Gasteiger partial charge on any atom is 0.147 e. The van der Waals surface area contributed by atoms with Gasteiger partial charge in [-0.05, 0) is 18.4 Å². The number of thioether (sulfide) groups is 1. The van der Waals surface area contributed by atoms with Gasteiger partial charge < -0.3 is 0 Å². The molecule has 0 N–H and O–H groups in total. The lowest BCUT2D eigenvalue weighted by atomic mass is 10.2. The Hall–Kier alpha value is 0.310. The number of hydrogen-bond acceptors (Lipinski definition) is 2. The molecule has 0 saturated heterocycles. The highest BCUT2D eigenvalue weighted by molar-refractivity contribution is 7.98. The molecule has 0 aliphatic heterocycles. The Labute approximate surface area is 65.2 Å². The van der Waals surface area contributed by atoms with Crippen molar-refractivity contribution in [2.75, 3.05) is 17.9 Å². The van der Waals surface area contributed by atoms with Gasteiger partial charge in [-0.15, -0.1) is 11.6 Å². The summed E-state index contributed by atoms with van der Waals surface area (Å²) in [7, 11) is 0. The molecule has 0 aliphatic rings. The fourth-order valence-corrected chi connectivity index (χ4v) is 1.05. The average Bonchev–Trinajstić information content (AvgIpc) is 1.89. The molecule has 0 atom stereocenters. The zero-order valence-electron chi connectivity index (χ0n) is 5.52. The van der Waals surface area contributed by atoms with Crippen molar-refractivity contribution in [3.8, 4) is 0 Å². The van der Waals surface area contributed by atoms with Crippen LogP contribution in [0.15, 0.2) is 0 Å². The first-order valence-electron chi connectivity index (χ1n) is 2.88. The van der Waals surface area contributed by atoms with Gasteiger partial charge in [-0.1, -0.05) is 0 Å². The standard InChI is InChI=1S/C6H11ClOS/c1-9-4-2-3-6(8)5-7/h2-5H2,1H3. The van der Waals surface area contributed by atoms with Crippen LogP contribution in [0.4, 0.5) is 0 Å². The summed E-state index contributed by atoms with van der Waals surface area (Å²) in [6, 6.07) is 0. The molecule has 1 nitrogen and oxygen atoms in total. The number of rotatable bonds is 5. The number of ketones is 1. The molecular formula is C6H11ClOS. The van der Waals surface area contributed by atoms with Crippen molar-refractivity contribution in [1.29, 1.82) is 0 Å². The fourth-order valence-electron chi connectivity index (χ4n) is 0.480. The van der Waals surface area contributed by atoms with Gasteiger partial charge in [-0.2, -0.15) is 11.8 Å². The highest BCUT2D eigenvalue weighted by Crippen LogP contribution is 2.00. The van der Waals surface area contributed by atoms with E-state index in [0.717, 1.165) is 12.2 Å². The summed E-state index contributed by atoms with van der Waals surface area (Å²) < 4.78 is 0. The van der Waals surface area contributed by atoms with E-state index in [1.807, 2.05) is 6.26 Å². The van der Waals surface area contributed by atoms with Crippen LogP contribution < -0.4 is 0 Å². The summed E-state index contributed by atoms with van der Waals surface area (Å²) in [6.45, 7) is 0. The number of halogens is 1. The monoisotopic (exact) mass is 166 g/mol. The van der Waals surface area contributed by atoms with Crippen LogP contribution in [-0.2, 0) is 4.79 Å². The van der Waals surface area contributed by atoms with E-state index >= 15 is 0 Å². The number of alkyl halides is 1. The molecule has 0 bridgehead atoms. The molecule has 0 aliphatic carbocycles. The van der Waals surface area contributed by atoms with E-state index in [0.29, 0.717) is 6.42 Å². The van der Waals surface area contributed by atoms with Crippen LogP contribution >= 0.6 is 23.4 Å². The Morgan fingerprint density at radius 2 is 2.33 bits per heavy atom. The summed E-state index contributed by atoms with van der Waals surface area (Å²) in [6.07, 6.45) is 3.64. The Morgan fingerprint density at radius 1 is 1.67 bits per heavy atom. The van der Waals surface area contributed by atoms with Crippen molar-refractivity contribution < 1.29 is 4.79 Å². The Morgan fingerprint density at radius 3 is 2.78 bits per heavy atom. The smallest absolute Gasteiger partial charge is 0.147 e. The summed E-state index contributed by atoms with van der Waals surface area (Å²) >= 11 is 7.03. The summed E-state index contributed by atoms with van der Waals surface area (Å²) in [5.74, 6) is 1.39. The van der Waals surface area contributed by atoms with Crippen LogP contribution in [0, 0.1) is 0 Å². The first-order chi connectivity index (χ1) is 4.31. The second kappa shape index (κ2) is 6.43. The predicted octanol–water partition coefficient (Wildman–Crippen LogP) is 1.94. The zero-order valence-corrected chi connectivity index (χ0v) is 7.10. The fraction of sp³-hybridized carbons (Fsp3) is 0.833. The number of carbonyl (C=O) groups excluding carboxylic acids is 1. The molecule has 9 heavy (non-hydrogen) atoms. The molecule has 0 heterocycles. The molecule has 0 aromatic heterocycles. The minimum Gasteiger partial charge on any atom is -0.298 e. The van der Waals surface area contributed by atoms with Gasteiger partial charge in [0.1, 0.15) is 5.78 Å². The molecule has 54 valence electrons. The molecule has 0 amide bonds. The van der Waals surface area contributed by atoms with Crippen LogP contribution in [0.3, 0.4) is 0 Å². The van der Waals surface area contributed by atoms with Crippen LogP contribution in [-0.4, -0.2) is 23.7 Å². The molecule has 0 aromatic rings. The van der Waals surface area contributed by atoms with E-state index in [4.69, 9.17) is 11.6 Å². The van der Waals surface area contributed by atoms with Gasteiger partial charge in [0.25, 0.3) is 0 Å². The highest BCUT2D eigenvalue weighted by atomic mass is 35.5. The summed E-state index contributed by atoms with van der Waals surface area (Å²) in [5.41, 5.74) is 0. The lowest BCUT2D eigenvalue weighted by Gasteiger charge is -1.93. The van der Waals surface area contributed by atoms with Gasteiger partial charge >= 0.3 is 0 Å². The molecule has 0 radical (unpaired) electrons. The molecule has 0 saturated carbocycles. The van der Waals surface area contributed by atoms with Gasteiger partial charge in [-0.25, -0.2) is 0 Å². The first-order valence-corrected chi connectivity index (χ1v) is 4.80. The quantitative estimate of drug-likeness (QED) is 0.459. The molecule has 0 rings (SSSR count). The lowest BCUT2D eigenvalue weighted by molar-refractivity contribution is -0.116. The lowest BCUT2D eigenvalue weighted by Crippen LogP contribution is -1.98. The van der Waals surface area contributed by atoms with E-state index in [1.165, 1.54) is 0 Å². The third kappa shape index (κ3) is 6.19. The van der Waals surface area contributed by atoms with E-state index < -0.39 is 0 Å². The van der Waals surface area contributed by atoms with E-state index in [1.54, 1.807) is 11.8 Å². The van der Waals surface area contributed by atoms with Crippen molar-refractivity contribution in [1.82, 2.24) is 0 Å². The van der Waals surface area contributed by atoms with Crippen molar-refractivity contribution in [3.63, 3.8) is 0 Å². The van der Waals surface area contributed by atoms with Gasteiger partial charge in [0.2, 0.25) is 0 Å². The topological polar surface area (TPSA) is 17.1 Å². The normalized spacial score (nSPS) is 9.56. The Kier molecular flexibility index (Phi) is 6.65. The Balaban J connectivity index is 2.97. The zero-order chi connectivity index (χ0) is 7.11. The van der Waals surface area contributed by atoms with Crippen LogP contribution in [0.2, 0.25) is 0 Å². The van der Waals surface area contributed by atoms with Gasteiger partial charge in [0.05, 0.1) is 5.88 Å². The first kappa shape index (κ1) is 9.31. The Bertz CT molecular complexity index is 85.1. The largest absolute Gasteiger partial charge is 0.298 e. The highest BCUT2D eigenvalue weighted by Gasteiger charge is 1.96. The second-order valence-corrected chi connectivity index (χ2v) is 3.02. The molecular weight excluding hydrogens is 156 g/mol. The van der Waals surface area contributed by atoms with Gasteiger partial charge in [0.15, 0.2) is 0 Å². The van der Waals surface area contributed by atoms with E-state index in [-0.39, 0.29) is 11.7 Å². The van der Waals surface area contributed by atoms with Crippen molar-refractivity contribution >= 4 is 29.1 Å². The van der Waals surface area contributed by atoms with E-state index in [2.05, 4.69) is 0 Å². The molecule has 0 aromatic carbocycles. The maximum atomic E-state index is 10.5. The third-order valence-corrected chi connectivity index (χ3v) is 1.95. The predicted molar refractivity (Wildman–Crippen MR) is 43.3 cm³/mol. The minimum atomic E-state index is 0.158. The number of carbonyl (C=O) groups is 1. The third-order valence-electron chi connectivity index (χ3n) is 0.953. The van der Waals surface area contributed by atoms with Crippen LogP contribution in [0.25, 0.3) is 0 Å². The molecule has 0 spiro atoms. The minimum absolute atomic E-state index is 0.158. The van der Waals surface area contributed by atoms with Gasteiger partial charge in [-0.3, -0.25) is 4.79 Å². The summed E-state index contributed by atoms with van der Waals surface area (Å²) in [5, 5.41) is 0. The van der Waals surface area contributed by atoms with Crippen LogP contribution in [0.1, 0.15) is 12.8 Å².